The number of carbonyl (C=O) groups is 2. The molecule has 1 aromatic heterocycles. The minimum atomic E-state index is -0.740. The van der Waals surface area contributed by atoms with E-state index in [0.29, 0.717) is 37.7 Å². The number of fused-ring (bicyclic) bond motifs is 1. The third-order valence-corrected chi connectivity index (χ3v) is 6.98. The van der Waals surface area contributed by atoms with Gasteiger partial charge in [-0.25, -0.2) is 18.6 Å². The second-order valence-electron chi connectivity index (χ2n) is 8.14. The first-order chi connectivity index (χ1) is 16.0. The van der Waals surface area contributed by atoms with Crippen LogP contribution in [0.1, 0.15) is 24.4 Å². The molecule has 0 spiro atoms. The summed E-state index contributed by atoms with van der Waals surface area (Å²) in [4.78, 5) is 35.7. The van der Waals surface area contributed by atoms with E-state index in [1.54, 1.807) is 4.90 Å². The van der Waals surface area contributed by atoms with Crippen molar-refractivity contribution in [3.05, 3.63) is 59.7 Å². The highest BCUT2D eigenvalue weighted by molar-refractivity contribution is 7.99. The van der Waals surface area contributed by atoms with Crippen molar-refractivity contribution in [1.29, 1.82) is 0 Å². The van der Waals surface area contributed by atoms with Crippen LogP contribution >= 0.6 is 11.8 Å². The molecule has 3 aromatic rings. The van der Waals surface area contributed by atoms with Gasteiger partial charge in [0.1, 0.15) is 17.9 Å². The molecule has 2 amide bonds. The SMILES string of the molecule is O=C(CSc1nc2c(F)cc(F)cc2[nH]1)N1CCC(N2C(=O)OCC2c2ccccc2)CC1. The van der Waals surface area contributed by atoms with Gasteiger partial charge in [-0.05, 0) is 24.5 Å². The number of benzene rings is 2. The van der Waals surface area contributed by atoms with Gasteiger partial charge in [0.15, 0.2) is 11.0 Å². The Morgan fingerprint density at radius 3 is 2.70 bits per heavy atom. The highest BCUT2D eigenvalue weighted by atomic mass is 32.2. The number of halogens is 2. The fourth-order valence-electron chi connectivity index (χ4n) is 4.47. The van der Waals surface area contributed by atoms with Crippen molar-refractivity contribution < 1.29 is 23.1 Å². The van der Waals surface area contributed by atoms with E-state index >= 15 is 0 Å². The number of nitrogens with one attached hydrogen (secondary N) is 1. The highest BCUT2D eigenvalue weighted by Crippen LogP contribution is 2.33. The Bertz CT molecular complexity index is 1180. The number of aromatic nitrogens is 2. The van der Waals surface area contributed by atoms with Crippen LogP contribution in [0.15, 0.2) is 47.6 Å². The molecule has 5 rings (SSSR count). The lowest BCUT2D eigenvalue weighted by molar-refractivity contribution is -0.129. The molecular formula is C23H22F2N4O3S. The van der Waals surface area contributed by atoms with Crippen LogP contribution < -0.4 is 0 Å². The number of thioether (sulfide) groups is 1. The molecule has 0 saturated carbocycles. The third kappa shape index (κ3) is 4.39. The number of nitrogens with zero attached hydrogens (tertiary/aromatic N) is 3. The lowest BCUT2D eigenvalue weighted by Crippen LogP contribution is -2.48. The zero-order valence-electron chi connectivity index (χ0n) is 17.7. The maximum absolute atomic E-state index is 13.8. The van der Waals surface area contributed by atoms with Crippen molar-refractivity contribution in [2.75, 3.05) is 25.4 Å². The Balaban J connectivity index is 1.17. The standard InChI is InChI=1S/C23H22F2N4O3S/c24-15-10-17(25)21-18(11-15)26-22(27-21)33-13-20(30)28-8-6-16(7-9-28)29-19(12-32-23(29)31)14-4-2-1-3-5-14/h1-5,10-11,16,19H,6-9,12-13H2,(H,26,27). The second-order valence-corrected chi connectivity index (χ2v) is 9.10. The molecule has 3 heterocycles. The maximum Gasteiger partial charge on any atom is 0.410 e. The van der Waals surface area contributed by atoms with Gasteiger partial charge in [-0.1, -0.05) is 42.1 Å². The van der Waals surface area contributed by atoms with Crippen molar-refractivity contribution in [2.24, 2.45) is 0 Å². The summed E-state index contributed by atoms with van der Waals surface area (Å²) in [5, 5.41) is 0.364. The average molecular weight is 473 g/mol. The lowest BCUT2D eigenvalue weighted by atomic mass is 9.99. The molecule has 7 nitrogen and oxygen atoms in total. The monoisotopic (exact) mass is 472 g/mol. The predicted octanol–water partition coefficient (Wildman–Crippen LogP) is 4.12. The number of piperidine rings is 1. The molecule has 2 aliphatic heterocycles. The molecule has 0 radical (unpaired) electrons. The molecular weight excluding hydrogens is 450 g/mol. The van der Waals surface area contributed by atoms with E-state index in [9.17, 15) is 18.4 Å². The molecule has 2 fully saturated rings. The Hall–Kier alpha value is -3.14. The minimum Gasteiger partial charge on any atom is -0.447 e. The summed E-state index contributed by atoms with van der Waals surface area (Å²) in [7, 11) is 0. The first kappa shape index (κ1) is 21.7. The number of cyclic esters (lactones) is 1. The highest BCUT2D eigenvalue weighted by Gasteiger charge is 2.40. The molecule has 10 heteroatoms. The Morgan fingerprint density at radius 2 is 1.94 bits per heavy atom. The largest absolute Gasteiger partial charge is 0.447 e. The fourth-order valence-corrected chi connectivity index (χ4v) is 5.25. The van der Waals surface area contributed by atoms with Crippen LogP contribution in [-0.4, -0.2) is 63.3 Å². The van der Waals surface area contributed by atoms with E-state index < -0.39 is 11.6 Å². The number of carbonyl (C=O) groups excluding carboxylic acids is 2. The number of H-pyrrole nitrogens is 1. The minimum absolute atomic E-state index is 0.00940. The number of aromatic amines is 1. The van der Waals surface area contributed by atoms with E-state index in [-0.39, 0.29) is 40.9 Å². The fraction of sp³-hybridized carbons (Fsp3) is 0.348. The second kappa shape index (κ2) is 9.01. The lowest BCUT2D eigenvalue weighted by Gasteiger charge is -2.38. The summed E-state index contributed by atoms with van der Waals surface area (Å²) >= 11 is 1.16. The average Bonchev–Trinajstić information content (AvgIpc) is 3.41. The first-order valence-corrected chi connectivity index (χ1v) is 11.7. The van der Waals surface area contributed by atoms with E-state index in [1.807, 2.05) is 35.2 Å². The smallest absolute Gasteiger partial charge is 0.410 e. The number of likely N-dealkylation sites (tertiary alicyclic amines) is 1. The van der Waals surface area contributed by atoms with Gasteiger partial charge in [-0.3, -0.25) is 9.69 Å². The Morgan fingerprint density at radius 1 is 1.18 bits per heavy atom. The van der Waals surface area contributed by atoms with Gasteiger partial charge < -0.3 is 14.6 Å². The summed E-state index contributed by atoms with van der Waals surface area (Å²) < 4.78 is 32.5. The number of ether oxygens (including phenoxy) is 1. The molecule has 1 atom stereocenters. The van der Waals surface area contributed by atoms with Crippen LogP contribution in [0.3, 0.4) is 0 Å². The number of amides is 2. The summed E-state index contributed by atoms with van der Waals surface area (Å²) in [5.74, 6) is -1.35. The van der Waals surface area contributed by atoms with E-state index in [4.69, 9.17) is 4.74 Å². The summed E-state index contributed by atoms with van der Waals surface area (Å²) in [5.41, 5.74) is 1.35. The van der Waals surface area contributed by atoms with Gasteiger partial charge in [0.05, 0.1) is 17.3 Å². The number of imidazole rings is 1. The van der Waals surface area contributed by atoms with Crippen molar-refractivity contribution in [1.82, 2.24) is 19.8 Å². The van der Waals surface area contributed by atoms with Crippen LogP contribution in [0, 0.1) is 11.6 Å². The van der Waals surface area contributed by atoms with Crippen LogP contribution in [0.4, 0.5) is 13.6 Å². The molecule has 2 aliphatic rings. The number of hydrogen-bond donors (Lipinski definition) is 1. The van der Waals surface area contributed by atoms with Gasteiger partial charge in [-0.15, -0.1) is 0 Å². The molecule has 33 heavy (non-hydrogen) atoms. The van der Waals surface area contributed by atoms with E-state index in [2.05, 4.69) is 9.97 Å². The van der Waals surface area contributed by atoms with Gasteiger partial charge >= 0.3 is 6.09 Å². The van der Waals surface area contributed by atoms with Crippen LogP contribution in [0.5, 0.6) is 0 Å². The van der Waals surface area contributed by atoms with Gasteiger partial charge in [0.2, 0.25) is 5.91 Å². The van der Waals surface area contributed by atoms with Crippen molar-refractivity contribution in [2.45, 2.75) is 30.1 Å². The zero-order chi connectivity index (χ0) is 22.9. The molecule has 2 aromatic carbocycles. The van der Waals surface area contributed by atoms with Crippen LogP contribution in [0.2, 0.25) is 0 Å². The normalized spacial score (nSPS) is 19.3. The molecule has 2 saturated heterocycles. The van der Waals surface area contributed by atoms with Crippen molar-refractivity contribution in [3.8, 4) is 0 Å². The Labute approximate surface area is 193 Å². The van der Waals surface area contributed by atoms with Gasteiger partial charge in [0, 0.05) is 25.2 Å². The molecule has 1 unspecified atom stereocenters. The van der Waals surface area contributed by atoms with E-state index in [1.165, 1.54) is 6.07 Å². The summed E-state index contributed by atoms with van der Waals surface area (Å²) in [6.45, 7) is 1.41. The predicted molar refractivity (Wildman–Crippen MR) is 119 cm³/mol. The van der Waals surface area contributed by atoms with Crippen LogP contribution in [0.25, 0.3) is 11.0 Å². The molecule has 0 aliphatic carbocycles. The van der Waals surface area contributed by atoms with Gasteiger partial charge in [0.25, 0.3) is 0 Å². The number of rotatable bonds is 5. The zero-order valence-corrected chi connectivity index (χ0v) is 18.5. The van der Waals surface area contributed by atoms with Crippen molar-refractivity contribution in [3.63, 3.8) is 0 Å². The van der Waals surface area contributed by atoms with Crippen molar-refractivity contribution >= 4 is 34.8 Å². The van der Waals surface area contributed by atoms with E-state index in [0.717, 1.165) is 23.4 Å². The Kier molecular flexibility index (Phi) is 5.92. The molecule has 172 valence electrons. The molecule has 1 N–H and O–H groups in total. The topological polar surface area (TPSA) is 78.5 Å². The van der Waals surface area contributed by atoms with Gasteiger partial charge in [-0.2, -0.15) is 0 Å². The van der Waals surface area contributed by atoms with Crippen LogP contribution in [-0.2, 0) is 9.53 Å². The number of hydrogen-bond acceptors (Lipinski definition) is 5. The summed E-state index contributed by atoms with van der Waals surface area (Å²) in [6.07, 6.45) is 1.03. The first-order valence-electron chi connectivity index (χ1n) is 10.7. The molecule has 0 bridgehead atoms. The summed E-state index contributed by atoms with van der Waals surface area (Å²) in [6, 6.07) is 11.7. The third-order valence-electron chi connectivity index (χ3n) is 6.12. The maximum atomic E-state index is 13.8. The quantitative estimate of drug-likeness (QED) is 0.566.